The lowest BCUT2D eigenvalue weighted by atomic mass is 10.2. The summed E-state index contributed by atoms with van der Waals surface area (Å²) in [6.07, 6.45) is 1.72. The van der Waals surface area contributed by atoms with E-state index in [1.54, 1.807) is 0 Å². The highest BCUT2D eigenvalue weighted by atomic mass is 79.9. The minimum absolute atomic E-state index is 0.0868. The van der Waals surface area contributed by atoms with Crippen LogP contribution in [0.2, 0.25) is 0 Å². The van der Waals surface area contributed by atoms with E-state index in [0.717, 1.165) is 22.4 Å². The van der Waals surface area contributed by atoms with Crippen molar-refractivity contribution >= 4 is 130 Å². The molecule has 0 bridgehead atoms. The standard InChI is InChI=1S/C5H7Br2Cl3.C4H6Br4/c6-2-1-5(9,10)4(8)3-7;5-2-1-4(7,8)3-6/h4H,1-3H2;1-3H2. The van der Waals surface area contributed by atoms with Crippen LogP contribution in [0.1, 0.15) is 12.8 Å². The van der Waals surface area contributed by atoms with Crippen molar-refractivity contribution in [2.45, 2.75) is 25.8 Å². The first kappa shape index (κ1) is 24.0. The third-order valence-corrected chi connectivity index (χ3v) is 8.96. The van der Waals surface area contributed by atoms with Crippen LogP contribution in [0.15, 0.2) is 0 Å². The molecular weight excluding hydrogens is 694 g/mol. The second kappa shape index (κ2) is 13.2. The number of hydrogen-bond acceptors (Lipinski definition) is 0. The van der Waals surface area contributed by atoms with E-state index in [2.05, 4.69) is 95.6 Å². The predicted octanol–water partition coefficient (Wildman–Crippen LogP) is 7.60. The molecule has 112 valence electrons. The summed E-state index contributed by atoms with van der Waals surface area (Å²) in [6.45, 7) is 0. The maximum atomic E-state index is 5.86. The van der Waals surface area contributed by atoms with E-state index in [1.165, 1.54) is 0 Å². The Kier molecular flexibility index (Phi) is 17.6. The van der Waals surface area contributed by atoms with Gasteiger partial charge >= 0.3 is 0 Å². The van der Waals surface area contributed by atoms with Gasteiger partial charge in [-0.3, -0.25) is 0 Å². The molecule has 0 aliphatic heterocycles. The van der Waals surface area contributed by atoms with E-state index in [0.29, 0.717) is 11.8 Å². The van der Waals surface area contributed by atoms with Crippen LogP contribution in [0, 0.1) is 0 Å². The molecule has 0 amide bonds. The van der Waals surface area contributed by atoms with Crippen LogP contribution in [0.3, 0.4) is 0 Å². The Bertz CT molecular complexity index is 203. The molecule has 1 atom stereocenters. The van der Waals surface area contributed by atoms with Crippen molar-refractivity contribution in [2.24, 2.45) is 0 Å². The van der Waals surface area contributed by atoms with E-state index < -0.39 is 4.33 Å². The first-order valence-electron chi connectivity index (χ1n) is 4.80. The number of hydrogen-bond donors (Lipinski definition) is 0. The van der Waals surface area contributed by atoms with Crippen molar-refractivity contribution in [3.05, 3.63) is 0 Å². The molecule has 0 nitrogen and oxygen atoms in total. The zero-order valence-corrected chi connectivity index (χ0v) is 21.0. The Morgan fingerprint density at radius 2 is 1.33 bits per heavy atom. The molecule has 0 radical (unpaired) electrons. The van der Waals surface area contributed by atoms with Crippen LogP contribution in [-0.4, -0.2) is 34.3 Å². The molecule has 9 heteroatoms. The molecule has 0 fully saturated rings. The predicted molar refractivity (Wildman–Crippen MR) is 109 cm³/mol. The molecule has 0 saturated heterocycles. The largest absolute Gasteiger partial charge is 0.136 e. The van der Waals surface area contributed by atoms with Crippen molar-refractivity contribution in [2.75, 3.05) is 21.3 Å². The fourth-order valence-electron chi connectivity index (χ4n) is 0.601. The molecular formula is C9H13Br6Cl3. The van der Waals surface area contributed by atoms with E-state index in [4.69, 9.17) is 34.8 Å². The van der Waals surface area contributed by atoms with Gasteiger partial charge in [-0.05, 0) is 12.8 Å². The third kappa shape index (κ3) is 13.4. The van der Waals surface area contributed by atoms with Crippen LogP contribution in [0.4, 0.5) is 0 Å². The zero-order valence-electron chi connectivity index (χ0n) is 9.22. The smallest absolute Gasteiger partial charge is 0.119 e. The first-order chi connectivity index (χ1) is 8.16. The Morgan fingerprint density at radius 1 is 0.889 bits per heavy atom. The van der Waals surface area contributed by atoms with Crippen LogP contribution in [0.5, 0.6) is 0 Å². The van der Waals surface area contributed by atoms with Crippen LogP contribution >= 0.6 is 130 Å². The lowest BCUT2D eigenvalue weighted by Crippen LogP contribution is -2.28. The second-order valence-corrected chi connectivity index (χ2v) is 12.2. The van der Waals surface area contributed by atoms with Crippen molar-refractivity contribution < 1.29 is 0 Å². The average Bonchev–Trinajstić information content (AvgIpc) is 2.28. The van der Waals surface area contributed by atoms with Gasteiger partial charge < -0.3 is 0 Å². The molecule has 0 aliphatic rings. The van der Waals surface area contributed by atoms with Crippen LogP contribution < -0.4 is 0 Å². The van der Waals surface area contributed by atoms with Gasteiger partial charge in [-0.25, -0.2) is 0 Å². The fraction of sp³-hybridized carbons (Fsp3) is 1.00. The van der Waals surface area contributed by atoms with Gasteiger partial charge in [0.25, 0.3) is 0 Å². The molecule has 0 heterocycles. The minimum atomic E-state index is -0.825. The summed E-state index contributed by atoms with van der Waals surface area (Å²) in [4.78, 5) is 0. The SMILES string of the molecule is BrCCC(Br)(Br)CBr.ClC(CBr)C(Cl)(Cl)CCBr. The van der Waals surface area contributed by atoms with Gasteiger partial charge in [-0.2, -0.15) is 0 Å². The maximum Gasteiger partial charge on any atom is 0.136 e. The van der Waals surface area contributed by atoms with Gasteiger partial charge in [-0.1, -0.05) is 119 Å². The summed E-state index contributed by atoms with van der Waals surface area (Å²) in [7, 11) is 0. The van der Waals surface area contributed by atoms with Gasteiger partial charge in [0.1, 0.15) is 4.33 Å². The monoisotopic (exact) mass is 700 g/mol. The number of rotatable bonds is 7. The van der Waals surface area contributed by atoms with Gasteiger partial charge in [0.05, 0.1) is 8.61 Å². The van der Waals surface area contributed by atoms with Crippen molar-refractivity contribution in [1.82, 2.24) is 0 Å². The quantitative estimate of drug-likeness (QED) is 0.240. The van der Waals surface area contributed by atoms with E-state index in [9.17, 15) is 0 Å². The fourth-order valence-corrected chi connectivity index (χ4v) is 5.48. The summed E-state index contributed by atoms with van der Waals surface area (Å²) in [5.41, 5.74) is 0. The van der Waals surface area contributed by atoms with Gasteiger partial charge in [0.2, 0.25) is 0 Å². The van der Waals surface area contributed by atoms with E-state index in [1.807, 2.05) is 0 Å². The molecule has 18 heavy (non-hydrogen) atoms. The highest BCUT2D eigenvalue weighted by molar-refractivity contribution is 9.26. The Labute approximate surface area is 175 Å². The molecule has 0 rings (SSSR count). The van der Waals surface area contributed by atoms with Crippen LogP contribution in [-0.2, 0) is 0 Å². The maximum absolute atomic E-state index is 5.86. The van der Waals surface area contributed by atoms with Crippen molar-refractivity contribution in [3.63, 3.8) is 0 Å². The number of halogens is 9. The van der Waals surface area contributed by atoms with Gasteiger partial charge in [0.15, 0.2) is 0 Å². The Balaban J connectivity index is 0. The summed E-state index contributed by atoms with van der Waals surface area (Å²) in [5.74, 6) is 0. The molecule has 0 aromatic heterocycles. The Morgan fingerprint density at radius 3 is 1.56 bits per heavy atom. The zero-order chi connectivity index (χ0) is 14.8. The molecule has 1 unspecified atom stereocenters. The normalized spacial score (nSPS) is 13.8. The first-order valence-corrected chi connectivity index (χ1v) is 12.1. The van der Waals surface area contributed by atoms with E-state index >= 15 is 0 Å². The lowest BCUT2D eigenvalue weighted by molar-refractivity contribution is 0.741. The summed E-state index contributed by atoms with van der Waals surface area (Å²) in [6, 6.07) is 0. The third-order valence-electron chi connectivity index (χ3n) is 1.68. The average molecular weight is 707 g/mol. The van der Waals surface area contributed by atoms with Gasteiger partial charge in [0, 0.05) is 21.3 Å². The van der Waals surface area contributed by atoms with Gasteiger partial charge in [-0.15, -0.1) is 11.6 Å². The van der Waals surface area contributed by atoms with Crippen LogP contribution in [0.25, 0.3) is 0 Å². The lowest BCUT2D eigenvalue weighted by Gasteiger charge is -2.22. The highest BCUT2D eigenvalue weighted by Gasteiger charge is 2.31. The Hall–Kier alpha value is 3.75. The van der Waals surface area contributed by atoms with E-state index in [-0.39, 0.29) is 8.61 Å². The molecule has 0 aliphatic carbocycles. The molecule has 0 spiro atoms. The molecule has 0 saturated carbocycles. The second-order valence-electron chi connectivity index (χ2n) is 3.25. The summed E-state index contributed by atoms with van der Waals surface area (Å²) >= 11 is 37.6. The number of alkyl halides is 9. The molecule has 0 aromatic carbocycles. The minimum Gasteiger partial charge on any atom is -0.119 e. The highest BCUT2D eigenvalue weighted by Crippen LogP contribution is 2.34. The summed E-state index contributed by atoms with van der Waals surface area (Å²) < 4.78 is -0.738. The topological polar surface area (TPSA) is 0 Å². The molecule has 0 N–H and O–H groups in total. The van der Waals surface area contributed by atoms with Crippen molar-refractivity contribution in [3.8, 4) is 0 Å². The van der Waals surface area contributed by atoms with Crippen molar-refractivity contribution in [1.29, 1.82) is 0 Å². The molecule has 0 aromatic rings. The summed E-state index contributed by atoms with van der Waals surface area (Å²) in [5, 5.41) is 3.05.